The molecule has 0 fully saturated rings. The summed E-state index contributed by atoms with van der Waals surface area (Å²) in [5, 5.41) is 15.3. The van der Waals surface area contributed by atoms with E-state index in [4.69, 9.17) is 9.15 Å². The molecule has 1 unspecified atom stereocenters. The Bertz CT molecular complexity index is 566. The fraction of sp³-hybridized carbons (Fsp3) is 0.312. The predicted molar refractivity (Wildman–Crippen MR) is 82.4 cm³/mol. The summed E-state index contributed by atoms with van der Waals surface area (Å²) in [6.07, 6.45) is 0.850. The third-order valence-electron chi connectivity index (χ3n) is 3.15. The van der Waals surface area contributed by atoms with Crippen LogP contribution in [-0.4, -0.2) is 37.9 Å². The summed E-state index contributed by atoms with van der Waals surface area (Å²) in [5.74, 6) is 0.775. The third kappa shape index (κ3) is 4.61. The number of ether oxygens (including phenoxy) is 1. The Balaban J connectivity index is 1.82. The van der Waals surface area contributed by atoms with Gasteiger partial charge in [-0.15, -0.1) is 0 Å². The van der Waals surface area contributed by atoms with Gasteiger partial charge in [-0.3, -0.25) is 0 Å². The second kappa shape index (κ2) is 8.21. The Hall–Kier alpha value is -2.31. The van der Waals surface area contributed by atoms with Gasteiger partial charge in [-0.05, 0) is 17.7 Å². The molecule has 0 bridgehead atoms. The largest absolute Gasteiger partial charge is 0.464 e. The molecule has 6 heteroatoms. The first-order valence-electron chi connectivity index (χ1n) is 7.03. The number of aliphatic hydroxyl groups excluding tert-OH is 1. The van der Waals surface area contributed by atoms with Gasteiger partial charge in [0.15, 0.2) is 0 Å². The van der Waals surface area contributed by atoms with E-state index in [1.165, 1.54) is 0 Å². The van der Waals surface area contributed by atoms with Gasteiger partial charge in [0.2, 0.25) is 0 Å². The molecule has 0 aliphatic heterocycles. The summed E-state index contributed by atoms with van der Waals surface area (Å²) >= 11 is 0. The van der Waals surface area contributed by atoms with Crippen molar-refractivity contribution in [3.63, 3.8) is 0 Å². The molecule has 6 nitrogen and oxygen atoms in total. The standard InChI is InChI=1S/C16H20N2O4/c1-21-10-8-17-16(20)18-11-14(19)12-4-6-13(7-5-12)15-3-2-9-22-15/h2-7,9,14,19H,8,10-11H2,1H3,(H2,17,18,20). The molecule has 3 N–H and O–H groups in total. The zero-order chi connectivity index (χ0) is 15.8. The van der Waals surface area contributed by atoms with Crippen LogP contribution in [0.3, 0.4) is 0 Å². The van der Waals surface area contributed by atoms with Crippen molar-refractivity contribution in [2.45, 2.75) is 6.10 Å². The van der Waals surface area contributed by atoms with E-state index < -0.39 is 6.10 Å². The molecule has 0 radical (unpaired) electrons. The summed E-state index contributed by atoms with van der Waals surface area (Å²) in [6.45, 7) is 1.01. The van der Waals surface area contributed by atoms with Crippen LogP contribution in [0.2, 0.25) is 0 Å². The molecule has 0 saturated carbocycles. The highest BCUT2D eigenvalue weighted by atomic mass is 16.5. The summed E-state index contributed by atoms with van der Waals surface area (Å²) < 4.78 is 10.1. The Morgan fingerprint density at radius 2 is 2.05 bits per heavy atom. The highest BCUT2D eigenvalue weighted by Crippen LogP contribution is 2.22. The molecule has 0 aliphatic rings. The maximum Gasteiger partial charge on any atom is 0.314 e. The zero-order valence-electron chi connectivity index (χ0n) is 12.4. The van der Waals surface area contributed by atoms with Crippen molar-refractivity contribution in [1.29, 1.82) is 0 Å². The minimum absolute atomic E-state index is 0.138. The molecule has 1 heterocycles. The Kier molecular flexibility index (Phi) is 6.00. The summed E-state index contributed by atoms with van der Waals surface area (Å²) in [6, 6.07) is 10.7. The second-order valence-electron chi connectivity index (χ2n) is 4.74. The van der Waals surface area contributed by atoms with Gasteiger partial charge in [0.25, 0.3) is 0 Å². The maximum absolute atomic E-state index is 11.5. The highest BCUT2D eigenvalue weighted by molar-refractivity contribution is 5.73. The molecule has 1 atom stereocenters. The molecule has 1 aromatic heterocycles. The number of furan rings is 1. The predicted octanol–water partition coefficient (Wildman–Crippen LogP) is 1.93. The number of carbonyl (C=O) groups excluding carboxylic acids is 1. The quantitative estimate of drug-likeness (QED) is 0.682. The van der Waals surface area contributed by atoms with Crippen LogP contribution in [0.15, 0.2) is 47.1 Å². The van der Waals surface area contributed by atoms with Crippen LogP contribution in [0.25, 0.3) is 11.3 Å². The van der Waals surface area contributed by atoms with Crippen molar-refractivity contribution in [3.8, 4) is 11.3 Å². The summed E-state index contributed by atoms with van der Waals surface area (Å²) in [7, 11) is 1.57. The fourth-order valence-electron chi connectivity index (χ4n) is 1.95. The van der Waals surface area contributed by atoms with Crippen LogP contribution in [0.1, 0.15) is 11.7 Å². The molecule has 0 aliphatic carbocycles. The van der Waals surface area contributed by atoms with Gasteiger partial charge in [0, 0.05) is 25.8 Å². The maximum atomic E-state index is 11.5. The molecule has 2 aromatic rings. The van der Waals surface area contributed by atoms with E-state index in [1.807, 2.05) is 36.4 Å². The third-order valence-corrected chi connectivity index (χ3v) is 3.15. The number of rotatable bonds is 7. The topological polar surface area (TPSA) is 83.7 Å². The van der Waals surface area contributed by atoms with E-state index in [0.29, 0.717) is 13.2 Å². The number of urea groups is 1. The van der Waals surface area contributed by atoms with E-state index >= 15 is 0 Å². The van der Waals surface area contributed by atoms with Crippen molar-refractivity contribution in [2.24, 2.45) is 0 Å². The molecule has 22 heavy (non-hydrogen) atoms. The fourth-order valence-corrected chi connectivity index (χ4v) is 1.95. The molecule has 0 saturated heterocycles. The van der Waals surface area contributed by atoms with Crippen LogP contribution >= 0.6 is 0 Å². The molecule has 1 aromatic carbocycles. The van der Waals surface area contributed by atoms with E-state index in [9.17, 15) is 9.90 Å². The van der Waals surface area contributed by atoms with Gasteiger partial charge < -0.3 is 24.9 Å². The normalized spacial score (nSPS) is 11.9. The van der Waals surface area contributed by atoms with Crippen LogP contribution in [0.4, 0.5) is 4.79 Å². The Morgan fingerprint density at radius 3 is 2.68 bits per heavy atom. The number of amides is 2. The van der Waals surface area contributed by atoms with Gasteiger partial charge in [0.1, 0.15) is 5.76 Å². The van der Waals surface area contributed by atoms with Crippen molar-refractivity contribution in [2.75, 3.05) is 26.8 Å². The van der Waals surface area contributed by atoms with Crippen LogP contribution < -0.4 is 10.6 Å². The molecular formula is C16H20N2O4. The first kappa shape index (κ1) is 16.1. The number of carbonyl (C=O) groups is 1. The lowest BCUT2D eigenvalue weighted by Crippen LogP contribution is -2.39. The number of benzene rings is 1. The van der Waals surface area contributed by atoms with Crippen molar-refractivity contribution < 1.29 is 19.1 Å². The van der Waals surface area contributed by atoms with Gasteiger partial charge in [-0.2, -0.15) is 0 Å². The van der Waals surface area contributed by atoms with Gasteiger partial charge in [0.05, 0.1) is 19.0 Å². The lowest BCUT2D eigenvalue weighted by molar-refractivity contribution is 0.171. The number of aliphatic hydroxyl groups is 1. The van der Waals surface area contributed by atoms with Crippen molar-refractivity contribution in [1.82, 2.24) is 10.6 Å². The lowest BCUT2D eigenvalue weighted by atomic mass is 10.1. The Labute approximate surface area is 129 Å². The molecule has 118 valence electrons. The van der Waals surface area contributed by atoms with E-state index in [-0.39, 0.29) is 12.6 Å². The van der Waals surface area contributed by atoms with E-state index in [2.05, 4.69) is 10.6 Å². The van der Waals surface area contributed by atoms with E-state index in [0.717, 1.165) is 16.9 Å². The van der Waals surface area contributed by atoms with Crippen molar-refractivity contribution >= 4 is 6.03 Å². The minimum Gasteiger partial charge on any atom is -0.464 e. The average Bonchev–Trinajstić information content (AvgIpc) is 3.07. The first-order valence-corrected chi connectivity index (χ1v) is 7.03. The zero-order valence-corrected chi connectivity index (χ0v) is 12.4. The number of methoxy groups -OCH3 is 1. The SMILES string of the molecule is COCCNC(=O)NCC(O)c1ccc(-c2ccco2)cc1. The van der Waals surface area contributed by atoms with Crippen LogP contribution in [-0.2, 0) is 4.74 Å². The van der Waals surface area contributed by atoms with Gasteiger partial charge in [-0.25, -0.2) is 4.79 Å². The highest BCUT2D eigenvalue weighted by Gasteiger charge is 2.10. The van der Waals surface area contributed by atoms with E-state index in [1.54, 1.807) is 13.4 Å². The lowest BCUT2D eigenvalue weighted by Gasteiger charge is -2.13. The number of hydrogen-bond acceptors (Lipinski definition) is 4. The first-order chi connectivity index (χ1) is 10.7. The molecule has 0 spiro atoms. The monoisotopic (exact) mass is 304 g/mol. The van der Waals surface area contributed by atoms with Gasteiger partial charge in [-0.1, -0.05) is 24.3 Å². The number of nitrogens with one attached hydrogen (secondary N) is 2. The minimum atomic E-state index is -0.765. The average molecular weight is 304 g/mol. The van der Waals surface area contributed by atoms with Crippen LogP contribution in [0, 0.1) is 0 Å². The van der Waals surface area contributed by atoms with Crippen molar-refractivity contribution in [3.05, 3.63) is 48.2 Å². The molecule has 2 amide bonds. The van der Waals surface area contributed by atoms with Gasteiger partial charge >= 0.3 is 6.03 Å². The number of hydrogen-bond donors (Lipinski definition) is 3. The summed E-state index contributed by atoms with van der Waals surface area (Å²) in [5.41, 5.74) is 1.67. The second-order valence-corrected chi connectivity index (χ2v) is 4.74. The molecule has 2 rings (SSSR count). The Morgan fingerprint density at radius 1 is 1.27 bits per heavy atom. The van der Waals surface area contributed by atoms with Crippen LogP contribution in [0.5, 0.6) is 0 Å². The smallest absolute Gasteiger partial charge is 0.314 e. The summed E-state index contributed by atoms with van der Waals surface area (Å²) in [4.78, 5) is 11.5. The molecular weight excluding hydrogens is 284 g/mol.